The summed E-state index contributed by atoms with van der Waals surface area (Å²) in [6.45, 7) is 24.5. The molecular weight excluding hydrogens is 456 g/mol. The van der Waals surface area contributed by atoms with E-state index in [0.717, 1.165) is 0 Å². The van der Waals surface area contributed by atoms with Crippen LogP contribution in [0.5, 0.6) is 0 Å². The van der Waals surface area contributed by atoms with Crippen molar-refractivity contribution in [2.24, 2.45) is 0 Å². The monoisotopic (exact) mass is 502 g/mol. The van der Waals surface area contributed by atoms with Gasteiger partial charge in [-0.2, -0.15) is 0 Å². The van der Waals surface area contributed by atoms with Gasteiger partial charge in [0.2, 0.25) is 0 Å². The average molecular weight is 503 g/mol. The Hall–Kier alpha value is -1.65. The molecule has 0 saturated carbocycles. The summed E-state index contributed by atoms with van der Waals surface area (Å²) in [6, 6.07) is -1.75. The van der Waals surface area contributed by atoms with Crippen LogP contribution in [-0.4, -0.2) is 73.4 Å². The SMILES string of the molecule is CC(C)(C)OC(=O)N[C@@H](C=O)[C@@H](O[Si](C)(C)C(C)(C)C)[C@@H]1COC(C)(C)N1C(=O)OC(C)(C)C. The smallest absolute Gasteiger partial charge is 0.412 e. The third-order valence-electron chi connectivity index (χ3n) is 5.91. The van der Waals surface area contributed by atoms with Gasteiger partial charge in [-0.15, -0.1) is 0 Å². The molecule has 1 aliphatic rings. The fraction of sp³-hybridized carbons (Fsp3) is 0.875. The minimum absolute atomic E-state index is 0.117. The quantitative estimate of drug-likeness (QED) is 0.409. The lowest BCUT2D eigenvalue weighted by Crippen LogP contribution is -2.62. The second-order valence-electron chi connectivity index (χ2n) is 12.8. The van der Waals surface area contributed by atoms with Crippen molar-refractivity contribution in [3.63, 3.8) is 0 Å². The van der Waals surface area contributed by atoms with Crippen molar-refractivity contribution in [1.82, 2.24) is 10.2 Å². The molecule has 0 unspecified atom stereocenters. The number of ether oxygens (including phenoxy) is 3. The van der Waals surface area contributed by atoms with Crippen molar-refractivity contribution in [1.29, 1.82) is 0 Å². The molecule has 1 fully saturated rings. The van der Waals surface area contributed by atoms with Crippen molar-refractivity contribution in [3.05, 3.63) is 0 Å². The van der Waals surface area contributed by atoms with Crippen molar-refractivity contribution in [2.45, 2.75) is 129 Å². The highest BCUT2D eigenvalue weighted by Gasteiger charge is 2.53. The number of carbonyl (C=O) groups is 3. The minimum atomic E-state index is -2.46. The zero-order chi connectivity index (χ0) is 26.9. The van der Waals surface area contributed by atoms with Crippen LogP contribution in [-0.2, 0) is 23.4 Å². The molecule has 0 aromatic heterocycles. The summed E-state index contributed by atoms with van der Waals surface area (Å²) in [7, 11) is -2.46. The molecule has 1 saturated heterocycles. The van der Waals surface area contributed by atoms with Crippen molar-refractivity contribution in [2.75, 3.05) is 6.61 Å². The lowest BCUT2D eigenvalue weighted by molar-refractivity contribution is -0.113. The van der Waals surface area contributed by atoms with Crippen molar-refractivity contribution < 1.29 is 33.0 Å². The molecule has 0 aromatic carbocycles. The van der Waals surface area contributed by atoms with E-state index in [9.17, 15) is 14.4 Å². The molecule has 0 aliphatic carbocycles. The standard InChI is InChI=1S/C24H46N2O7Si/c1-21(2,3)31-19(28)25-16(14-27)18(33-34(12,13)23(7,8)9)17-15-30-24(10,11)26(17)20(29)32-22(4,5)6/h14,16-18H,15H2,1-13H3,(H,25,28)/t16-,17-,18+/m0/s1. The van der Waals surface area contributed by atoms with Crippen LogP contribution in [0.3, 0.4) is 0 Å². The lowest BCUT2D eigenvalue weighted by Gasteiger charge is -2.44. The third-order valence-corrected chi connectivity index (χ3v) is 10.4. The number of nitrogens with zero attached hydrogens (tertiary/aromatic N) is 1. The molecule has 34 heavy (non-hydrogen) atoms. The van der Waals surface area contributed by atoms with Crippen molar-refractivity contribution >= 4 is 26.8 Å². The summed E-state index contributed by atoms with van der Waals surface area (Å²) in [5, 5.41) is 2.46. The van der Waals surface area contributed by atoms with Gasteiger partial charge in [-0.3, -0.25) is 4.90 Å². The van der Waals surface area contributed by atoms with Crippen LogP contribution in [0.2, 0.25) is 18.1 Å². The first-order valence-electron chi connectivity index (χ1n) is 11.8. The van der Waals surface area contributed by atoms with E-state index in [0.29, 0.717) is 6.29 Å². The van der Waals surface area contributed by atoms with Gasteiger partial charge >= 0.3 is 12.2 Å². The molecule has 0 aromatic rings. The third kappa shape index (κ3) is 8.23. The van der Waals surface area contributed by atoms with Crippen LogP contribution in [0.25, 0.3) is 0 Å². The van der Waals surface area contributed by atoms with Gasteiger partial charge < -0.3 is 28.7 Å². The summed E-state index contributed by atoms with van der Waals surface area (Å²) in [4.78, 5) is 39.6. The highest BCUT2D eigenvalue weighted by molar-refractivity contribution is 6.74. The summed E-state index contributed by atoms with van der Waals surface area (Å²) in [5.74, 6) is 0. The number of aldehydes is 1. The van der Waals surface area contributed by atoms with Gasteiger partial charge in [0, 0.05) is 0 Å². The van der Waals surface area contributed by atoms with E-state index in [1.165, 1.54) is 4.90 Å². The summed E-state index contributed by atoms with van der Waals surface area (Å²) >= 11 is 0. The Labute approximate surface area is 206 Å². The van der Waals surface area contributed by atoms with E-state index in [1.807, 2.05) is 13.1 Å². The highest BCUT2D eigenvalue weighted by atomic mass is 28.4. The second-order valence-corrected chi connectivity index (χ2v) is 17.6. The second kappa shape index (κ2) is 10.1. The van der Waals surface area contributed by atoms with Crippen LogP contribution in [0.1, 0.15) is 76.2 Å². The van der Waals surface area contributed by atoms with Gasteiger partial charge in [-0.05, 0) is 73.5 Å². The molecule has 1 rings (SSSR count). The highest BCUT2D eigenvalue weighted by Crippen LogP contribution is 2.40. The molecule has 198 valence electrons. The zero-order valence-electron chi connectivity index (χ0n) is 23.3. The molecule has 0 spiro atoms. The lowest BCUT2D eigenvalue weighted by atomic mass is 10.0. The molecule has 0 bridgehead atoms. The molecule has 2 amide bonds. The first-order chi connectivity index (χ1) is 15.0. The number of rotatable bonds is 6. The van der Waals surface area contributed by atoms with Crippen LogP contribution in [0.15, 0.2) is 0 Å². The van der Waals surface area contributed by atoms with Gasteiger partial charge in [0.1, 0.15) is 29.3 Å². The topological polar surface area (TPSA) is 103 Å². The number of hydrogen-bond acceptors (Lipinski definition) is 7. The molecule has 3 atom stereocenters. The Morgan fingerprint density at radius 1 is 1.03 bits per heavy atom. The van der Waals surface area contributed by atoms with E-state index >= 15 is 0 Å². The van der Waals surface area contributed by atoms with E-state index in [4.69, 9.17) is 18.6 Å². The summed E-state index contributed by atoms with van der Waals surface area (Å²) in [6.07, 6.45) is -1.57. The van der Waals surface area contributed by atoms with Gasteiger partial charge in [-0.1, -0.05) is 20.8 Å². The number of amides is 2. The van der Waals surface area contributed by atoms with E-state index < -0.39 is 55.6 Å². The number of carbonyl (C=O) groups excluding carboxylic acids is 3. The van der Waals surface area contributed by atoms with Gasteiger partial charge in [0.25, 0.3) is 0 Å². The summed E-state index contributed by atoms with van der Waals surface area (Å²) in [5.41, 5.74) is -2.47. The predicted molar refractivity (Wildman–Crippen MR) is 133 cm³/mol. The Balaban J connectivity index is 3.46. The Morgan fingerprint density at radius 2 is 1.53 bits per heavy atom. The number of hydrogen-bond donors (Lipinski definition) is 1. The molecule has 10 heteroatoms. The van der Waals surface area contributed by atoms with Crippen LogP contribution >= 0.6 is 0 Å². The minimum Gasteiger partial charge on any atom is -0.444 e. The number of alkyl carbamates (subject to hydrolysis) is 1. The molecular formula is C24H46N2O7Si. The first kappa shape index (κ1) is 30.4. The maximum Gasteiger partial charge on any atom is 0.412 e. The molecule has 0 radical (unpaired) electrons. The van der Waals surface area contributed by atoms with Crippen LogP contribution in [0, 0.1) is 0 Å². The maximum absolute atomic E-state index is 13.3. The maximum atomic E-state index is 13.3. The van der Waals surface area contributed by atoms with Gasteiger partial charge in [0.05, 0.1) is 18.8 Å². The largest absolute Gasteiger partial charge is 0.444 e. The fourth-order valence-electron chi connectivity index (χ4n) is 3.29. The van der Waals surface area contributed by atoms with E-state index in [2.05, 4.69) is 26.1 Å². The van der Waals surface area contributed by atoms with Crippen LogP contribution in [0.4, 0.5) is 9.59 Å². The van der Waals surface area contributed by atoms with E-state index in [-0.39, 0.29) is 11.6 Å². The van der Waals surface area contributed by atoms with Gasteiger partial charge in [-0.25, -0.2) is 9.59 Å². The first-order valence-corrected chi connectivity index (χ1v) is 14.7. The zero-order valence-corrected chi connectivity index (χ0v) is 24.3. The molecule has 1 aliphatic heterocycles. The van der Waals surface area contributed by atoms with E-state index in [1.54, 1.807) is 55.4 Å². The summed E-state index contributed by atoms with van der Waals surface area (Å²) < 4.78 is 23.7. The molecule has 1 heterocycles. The van der Waals surface area contributed by atoms with Gasteiger partial charge in [0.15, 0.2) is 8.32 Å². The normalized spacial score (nSPS) is 21.0. The van der Waals surface area contributed by atoms with Crippen molar-refractivity contribution in [3.8, 4) is 0 Å². The molecule has 9 nitrogen and oxygen atoms in total. The average Bonchev–Trinajstić information content (AvgIpc) is 2.88. The molecule has 1 N–H and O–H groups in total. The number of nitrogens with one attached hydrogen (secondary N) is 1. The van der Waals surface area contributed by atoms with Crippen LogP contribution < -0.4 is 5.32 Å². The fourth-order valence-corrected chi connectivity index (χ4v) is 4.62. The Bertz CT molecular complexity index is 748. The Morgan fingerprint density at radius 3 is 1.94 bits per heavy atom. The predicted octanol–water partition coefficient (Wildman–Crippen LogP) is 4.84. The Kier molecular flexibility index (Phi) is 9.06.